The first kappa shape index (κ1) is 24.4. The monoisotopic (exact) mass is 510 g/mol. The highest BCUT2D eigenvalue weighted by molar-refractivity contribution is 5.76. The second-order valence-electron chi connectivity index (χ2n) is 14.6. The highest BCUT2D eigenvalue weighted by Crippen LogP contribution is 2.82. The first-order valence-electron chi connectivity index (χ1n) is 14.5. The number of esters is 2. The zero-order chi connectivity index (χ0) is 26.6. The van der Waals surface area contributed by atoms with Crippen molar-refractivity contribution in [3.63, 3.8) is 0 Å². The first-order valence-corrected chi connectivity index (χ1v) is 14.5. The van der Waals surface area contributed by atoms with Crippen LogP contribution in [0.3, 0.4) is 0 Å². The third-order valence-corrected chi connectivity index (χ3v) is 13.0. The Balaban J connectivity index is 1.51. The van der Waals surface area contributed by atoms with Gasteiger partial charge in [-0.1, -0.05) is 38.0 Å². The molecule has 0 aromatic rings. The van der Waals surface area contributed by atoms with E-state index >= 15 is 0 Å². The van der Waals surface area contributed by atoms with Crippen LogP contribution in [0.5, 0.6) is 0 Å². The average Bonchev–Trinajstić information content (AvgIpc) is 3.46. The summed E-state index contributed by atoms with van der Waals surface area (Å²) in [5, 5.41) is 24.4. The van der Waals surface area contributed by atoms with Crippen molar-refractivity contribution < 1.29 is 29.3 Å². The Bertz CT molecular complexity index is 1180. The van der Waals surface area contributed by atoms with Crippen LogP contribution in [0.15, 0.2) is 22.8 Å². The van der Waals surface area contributed by atoms with Gasteiger partial charge in [0.15, 0.2) is 0 Å². The van der Waals surface area contributed by atoms with Gasteiger partial charge in [-0.05, 0) is 76.2 Å². The molecule has 5 fully saturated rings. The van der Waals surface area contributed by atoms with Gasteiger partial charge in [0.05, 0.1) is 23.0 Å². The summed E-state index contributed by atoms with van der Waals surface area (Å²) in [6, 6.07) is 0. The minimum atomic E-state index is -0.969. The van der Waals surface area contributed by atoms with Gasteiger partial charge in [0, 0.05) is 29.1 Å². The number of hydrogen-bond acceptors (Lipinski definition) is 6. The molecule has 0 unspecified atom stereocenters. The fourth-order valence-corrected chi connectivity index (χ4v) is 11.8. The maximum absolute atomic E-state index is 13.0. The third-order valence-electron chi connectivity index (χ3n) is 13.0. The van der Waals surface area contributed by atoms with Crippen LogP contribution in [0.25, 0.3) is 0 Å². The minimum absolute atomic E-state index is 0.00462. The van der Waals surface area contributed by atoms with E-state index in [9.17, 15) is 19.8 Å². The van der Waals surface area contributed by atoms with E-state index in [-0.39, 0.29) is 76.9 Å². The van der Waals surface area contributed by atoms with Gasteiger partial charge in [-0.3, -0.25) is 9.59 Å². The summed E-state index contributed by atoms with van der Waals surface area (Å²) in [5.74, 6) is -0.808. The molecule has 37 heavy (non-hydrogen) atoms. The normalized spacial score (nSPS) is 59.5. The van der Waals surface area contributed by atoms with Crippen LogP contribution in [-0.2, 0) is 19.1 Å². The lowest BCUT2D eigenvalue weighted by Crippen LogP contribution is -2.52. The zero-order valence-corrected chi connectivity index (χ0v) is 23.2. The Hall–Kier alpha value is -1.66. The molecule has 2 heterocycles. The fraction of sp³-hybridized carbons (Fsp3) is 0.806. The summed E-state index contributed by atoms with van der Waals surface area (Å²) in [6.45, 7) is 14.6. The number of carbonyl (C=O) groups is 2. The van der Waals surface area contributed by atoms with Gasteiger partial charge in [-0.15, -0.1) is 0 Å². The standard InChI is InChI=1S/C31H42O6/c1-13-12-19-23-28(5,34)11-9-18-15(3)27(33)37-25(18)31(13,23)22-16(4)20-21-17(14(2)26(32)36-21)8-10-29(6,35)24(20)30(19,22)7/h12,14-15,17-19,21-25,34-35H,8-11H2,1-7H3/t14-,15-,17-,18-,19+,21-,22-,23-,24+,25-,28-,29-,30-,31-/m0/s1. The molecule has 14 atom stereocenters. The van der Waals surface area contributed by atoms with Gasteiger partial charge in [0.25, 0.3) is 0 Å². The molecule has 2 saturated heterocycles. The van der Waals surface area contributed by atoms with E-state index in [1.54, 1.807) is 0 Å². The number of hydrogen-bond donors (Lipinski definition) is 2. The summed E-state index contributed by atoms with van der Waals surface area (Å²) in [6.07, 6.45) is 4.51. The Kier molecular flexibility index (Phi) is 4.55. The van der Waals surface area contributed by atoms with Crippen LogP contribution in [0.1, 0.15) is 74.1 Å². The highest BCUT2D eigenvalue weighted by Gasteiger charge is 2.82. The second kappa shape index (κ2) is 6.91. The molecule has 0 aromatic heterocycles. The van der Waals surface area contributed by atoms with Crippen molar-refractivity contribution in [1.29, 1.82) is 0 Å². The average molecular weight is 511 g/mol. The summed E-state index contributed by atoms with van der Waals surface area (Å²) < 4.78 is 12.5. The molecule has 0 aromatic carbocycles. The first-order chi connectivity index (χ1) is 17.2. The number of carbonyl (C=O) groups excluding carboxylic acids is 2. The lowest BCUT2D eigenvalue weighted by molar-refractivity contribution is -0.153. The molecule has 0 amide bonds. The van der Waals surface area contributed by atoms with Gasteiger partial charge in [-0.2, -0.15) is 0 Å². The number of rotatable bonds is 0. The highest BCUT2D eigenvalue weighted by atomic mass is 16.6. The summed E-state index contributed by atoms with van der Waals surface area (Å²) in [4.78, 5) is 25.8. The van der Waals surface area contributed by atoms with Crippen molar-refractivity contribution in [2.24, 2.45) is 58.2 Å². The molecule has 7 rings (SSSR count). The van der Waals surface area contributed by atoms with Crippen molar-refractivity contribution >= 4 is 11.9 Å². The summed E-state index contributed by atoms with van der Waals surface area (Å²) in [5.41, 5.74) is 0.714. The molecular weight excluding hydrogens is 468 g/mol. The third kappa shape index (κ3) is 2.48. The fourth-order valence-electron chi connectivity index (χ4n) is 11.8. The van der Waals surface area contributed by atoms with Crippen LogP contribution in [0.4, 0.5) is 0 Å². The van der Waals surface area contributed by atoms with Crippen molar-refractivity contribution in [2.75, 3.05) is 0 Å². The van der Waals surface area contributed by atoms with Gasteiger partial charge >= 0.3 is 11.9 Å². The molecule has 0 radical (unpaired) electrons. The smallest absolute Gasteiger partial charge is 0.309 e. The molecule has 6 nitrogen and oxygen atoms in total. The SMILES string of the molecule is CC1=C[C@@H]2[C@@H]3[C@@]1([C@H]1OC(=O)[C@@H](C)[C@@H]1CC[C@]3(C)O)[C@H]1C(C)=C3[C@H]4OC(=O)[C@@H](C)[C@@H]4CC[C@](C)(O)[C@@H]3[C@@]21C. The predicted octanol–water partition coefficient (Wildman–Crippen LogP) is 4.19. The maximum atomic E-state index is 13.0. The predicted molar refractivity (Wildman–Crippen MR) is 136 cm³/mol. The van der Waals surface area contributed by atoms with Crippen molar-refractivity contribution in [2.45, 2.75) is 97.6 Å². The van der Waals surface area contributed by atoms with Gasteiger partial charge in [-0.25, -0.2) is 0 Å². The van der Waals surface area contributed by atoms with Crippen molar-refractivity contribution in [3.8, 4) is 0 Å². The van der Waals surface area contributed by atoms with E-state index in [1.807, 2.05) is 27.7 Å². The molecule has 5 aliphatic carbocycles. The number of ether oxygens (including phenoxy) is 2. The molecule has 2 aliphatic heterocycles. The molecule has 0 spiro atoms. The number of allylic oxidation sites excluding steroid dienone is 2. The second-order valence-corrected chi connectivity index (χ2v) is 14.6. The minimum Gasteiger partial charge on any atom is -0.461 e. The van der Waals surface area contributed by atoms with Crippen LogP contribution >= 0.6 is 0 Å². The number of aliphatic hydroxyl groups is 2. The van der Waals surface area contributed by atoms with Gasteiger partial charge < -0.3 is 19.7 Å². The molecule has 2 bridgehead atoms. The Labute approximate surface area is 219 Å². The van der Waals surface area contributed by atoms with Crippen LogP contribution in [-0.4, -0.2) is 45.6 Å². The van der Waals surface area contributed by atoms with Crippen LogP contribution < -0.4 is 0 Å². The molecule has 7 aliphatic rings. The van der Waals surface area contributed by atoms with E-state index in [1.165, 1.54) is 11.1 Å². The van der Waals surface area contributed by atoms with Gasteiger partial charge in [0.2, 0.25) is 0 Å². The van der Waals surface area contributed by atoms with E-state index in [0.717, 1.165) is 18.4 Å². The van der Waals surface area contributed by atoms with E-state index in [4.69, 9.17) is 9.47 Å². The topological polar surface area (TPSA) is 93.1 Å². The largest absolute Gasteiger partial charge is 0.461 e. The number of fused-ring (bicyclic) bond motifs is 7. The summed E-state index contributed by atoms with van der Waals surface area (Å²) >= 11 is 0. The van der Waals surface area contributed by atoms with Crippen LogP contribution in [0.2, 0.25) is 0 Å². The van der Waals surface area contributed by atoms with E-state index in [2.05, 4.69) is 26.8 Å². The van der Waals surface area contributed by atoms with E-state index in [0.29, 0.717) is 12.8 Å². The Morgan fingerprint density at radius 1 is 0.865 bits per heavy atom. The Morgan fingerprint density at radius 2 is 1.46 bits per heavy atom. The van der Waals surface area contributed by atoms with E-state index < -0.39 is 16.6 Å². The lowest BCUT2D eigenvalue weighted by Gasteiger charge is -2.50. The van der Waals surface area contributed by atoms with Crippen molar-refractivity contribution in [3.05, 3.63) is 22.8 Å². The lowest BCUT2D eigenvalue weighted by atomic mass is 9.54. The summed E-state index contributed by atoms with van der Waals surface area (Å²) in [7, 11) is 0. The molecule has 6 heteroatoms. The zero-order valence-electron chi connectivity index (χ0n) is 23.2. The van der Waals surface area contributed by atoms with Crippen molar-refractivity contribution in [1.82, 2.24) is 0 Å². The van der Waals surface area contributed by atoms with Gasteiger partial charge in [0.1, 0.15) is 12.2 Å². The molecule has 202 valence electrons. The molecular formula is C31H42O6. The molecule has 2 N–H and O–H groups in total. The maximum Gasteiger partial charge on any atom is 0.309 e. The van der Waals surface area contributed by atoms with Crippen LogP contribution in [0, 0.1) is 58.2 Å². The Morgan fingerprint density at radius 3 is 2.16 bits per heavy atom. The quantitative estimate of drug-likeness (QED) is 0.375. The molecule has 3 saturated carbocycles.